The van der Waals surface area contributed by atoms with E-state index in [1.807, 2.05) is 0 Å². The summed E-state index contributed by atoms with van der Waals surface area (Å²) in [7, 11) is 2.87. The molecule has 0 aliphatic carbocycles. The first kappa shape index (κ1) is 17.1. The van der Waals surface area contributed by atoms with Crippen LogP contribution in [0.5, 0.6) is 0 Å². The Hall–Kier alpha value is -1.99. The van der Waals surface area contributed by atoms with Crippen LogP contribution in [0.15, 0.2) is 24.3 Å². The molecule has 0 heterocycles. The molecule has 0 aliphatic rings. The minimum atomic E-state index is -0.756. The van der Waals surface area contributed by atoms with Crippen LogP contribution in [-0.4, -0.2) is 45.4 Å². The van der Waals surface area contributed by atoms with Crippen molar-refractivity contribution in [3.8, 4) is 0 Å². The first-order valence-corrected chi connectivity index (χ1v) is 6.43. The zero-order valence-corrected chi connectivity index (χ0v) is 12.0. The summed E-state index contributed by atoms with van der Waals surface area (Å²) in [5.41, 5.74) is 0.871. The van der Waals surface area contributed by atoms with Gasteiger partial charge in [0.2, 0.25) is 0 Å². The van der Waals surface area contributed by atoms with Gasteiger partial charge in [0, 0.05) is 20.8 Å². The van der Waals surface area contributed by atoms with Gasteiger partial charge in [0.25, 0.3) is 0 Å². The molecule has 0 radical (unpaired) electrons. The van der Waals surface area contributed by atoms with Crippen LogP contribution in [0.2, 0.25) is 0 Å². The first-order valence-electron chi connectivity index (χ1n) is 6.43. The Morgan fingerprint density at radius 1 is 1.10 bits per heavy atom. The third-order valence-corrected chi connectivity index (χ3v) is 2.77. The van der Waals surface area contributed by atoms with E-state index in [9.17, 15) is 14.0 Å². The SMILES string of the molecule is COC(CNC(=O)C(=O)NCCc1ccc(F)cc1)OC. The largest absolute Gasteiger partial charge is 0.354 e. The molecule has 2 N–H and O–H groups in total. The number of halogens is 1. The fourth-order valence-corrected chi connectivity index (χ4v) is 1.57. The van der Waals surface area contributed by atoms with Gasteiger partial charge >= 0.3 is 11.8 Å². The third kappa shape index (κ3) is 6.33. The van der Waals surface area contributed by atoms with Crippen LogP contribution in [0.25, 0.3) is 0 Å². The van der Waals surface area contributed by atoms with Gasteiger partial charge < -0.3 is 20.1 Å². The molecule has 0 atom stereocenters. The summed E-state index contributed by atoms with van der Waals surface area (Å²) in [6, 6.07) is 5.95. The van der Waals surface area contributed by atoms with E-state index < -0.39 is 18.1 Å². The van der Waals surface area contributed by atoms with Crippen molar-refractivity contribution in [3.05, 3.63) is 35.6 Å². The van der Waals surface area contributed by atoms with Gasteiger partial charge in [0.15, 0.2) is 6.29 Å². The fraction of sp³-hybridized carbons (Fsp3) is 0.429. The summed E-state index contributed by atoms with van der Waals surface area (Å²) >= 11 is 0. The quantitative estimate of drug-likeness (QED) is 0.558. The van der Waals surface area contributed by atoms with Gasteiger partial charge in [-0.2, -0.15) is 0 Å². The van der Waals surface area contributed by atoms with E-state index in [4.69, 9.17) is 9.47 Å². The molecule has 0 aliphatic heterocycles. The number of carbonyl (C=O) groups is 2. The molecule has 0 bridgehead atoms. The predicted molar refractivity (Wildman–Crippen MR) is 73.9 cm³/mol. The number of methoxy groups -OCH3 is 2. The van der Waals surface area contributed by atoms with Crippen molar-refractivity contribution in [1.29, 1.82) is 0 Å². The number of amides is 2. The smallest absolute Gasteiger partial charge is 0.309 e. The first-order chi connectivity index (χ1) is 10.1. The Bertz CT molecular complexity index is 461. The van der Waals surface area contributed by atoms with Crippen molar-refractivity contribution in [1.82, 2.24) is 10.6 Å². The van der Waals surface area contributed by atoms with Crippen LogP contribution in [-0.2, 0) is 25.5 Å². The van der Waals surface area contributed by atoms with Gasteiger partial charge in [-0.25, -0.2) is 4.39 Å². The Balaban J connectivity index is 2.26. The molecule has 1 aromatic carbocycles. The maximum absolute atomic E-state index is 12.7. The summed E-state index contributed by atoms with van der Waals surface area (Å²) in [4.78, 5) is 23.0. The molecule has 21 heavy (non-hydrogen) atoms. The summed E-state index contributed by atoms with van der Waals surface area (Å²) < 4.78 is 22.5. The van der Waals surface area contributed by atoms with E-state index in [-0.39, 0.29) is 18.9 Å². The molecule has 1 aromatic rings. The summed E-state index contributed by atoms with van der Waals surface area (Å²) in [5.74, 6) is -1.80. The average molecular weight is 298 g/mol. The number of benzene rings is 1. The second kappa shape index (κ2) is 9.04. The van der Waals surface area contributed by atoms with E-state index in [2.05, 4.69) is 10.6 Å². The highest BCUT2D eigenvalue weighted by Crippen LogP contribution is 2.02. The van der Waals surface area contributed by atoms with E-state index in [1.165, 1.54) is 26.4 Å². The Kier molecular flexibility index (Phi) is 7.34. The molecule has 2 amide bonds. The Morgan fingerprint density at radius 3 is 2.24 bits per heavy atom. The maximum atomic E-state index is 12.7. The lowest BCUT2D eigenvalue weighted by atomic mass is 10.1. The van der Waals surface area contributed by atoms with Gasteiger partial charge in [-0.3, -0.25) is 9.59 Å². The number of ether oxygens (including phenoxy) is 2. The average Bonchev–Trinajstić information content (AvgIpc) is 2.50. The molecule has 1 rings (SSSR count). The van der Waals surface area contributed by atoms with Crippen molar-refractivity contribution in [2.45, 2.75) is 12.7 Å². The maximum Gasteiger partial charge on any atom is 0.309 e. The molecule has 7 heteroatoms. The number of rotatable bonds is 7. The van der Waals surface area contributed by atoms with Crippen molar-refractivity contribution in [3.63, 3.8) is 0 Å². The van der Waals surface area contributed by atoms with E-state index in [0.29, 0.717) is 6.42 Å². The normalized spacial score (nSPS) is 10.5. The number of nitrogens with one attached hydrogen (secondary N) is 2. The van der Waals surface area contributed by atoms with Crippen LogP contribution < -0.4 is 10.6 Å². The Labute approximate surface area is 122 Å². The molecule has 0 unspecified atom stereocenters. The monoisotopic (exact) mass is 298 g/mol. The van der Waals surface area contributed by atoms with Gasteiger partial charge in [-0.05, 0) is 24.1 Å². The zero-order valence-electron chi connectivity index (χ0n) is 12.0. The molecule has 0 spiro atoms. The molecular formula is C14H19FN2O4. The number of carbonyl (C=O) groups excluding carboxylic acids is 2. The zero-order chi connectivity index (χ0) is 15.7. The van der Waals surface area contributed by atoms with Crippen LogP contribution >= 0.6 is 0 Å². The minimum Gasteiger partial charge on any atom is -0.354 e. The lowest BCUT2D eigenvalue weighted by Crippen LogP contribution is -2.43. The highest BCUT2D eigenvalue weighted by atomic mass is 19.1. The molecule has 6 nitrogen and oxygen atoms in total. The summed E-state index contributed by atoms with van der Waals surface area (Å²) in [6.45, 7) is 0.368. The van der Waals surface area contributed by atoms with Crippen LogP contribution in [0.4, 0.5) is 4.39 Å². The van der Waals surface area contributed by atoms with Crippen molar-refractivity contribution < 1.29 is 23.5 Å². The van der Waals surface area contributed by atoms with Gasteiger partial charge in [0.05, 0.1) is 6.54 Å². The number of hydrogen-bond donors (Lipinski definition) is 2. The van der Waals surface area contributed by atoms with Crippen LogP contribution in [0.3, 0.4) is 0 Å². The minimum absolute atomic E-state index is 0.0806. The standard InChI is InChI=1S/C14H19FN2O4/c1-20-12(21-2)9-17-14(19)13(18)16-8-7-10-3-5-11(15)6-4-10/h3-6,12H,7-9H2,1-2H3,(H,16,18)(H,17,19). The molecule has 0 fully saturated rings. The van der Waals surface area contributed by atoms with Crippen LogP contribution in [0, 0.1) is 5.82 Å². The fourth-order valence-electron chi connectivity index (χ4n) is 1.57. The van der Waals surface area contributed by atoms with Crippen molar-refractivity contribution >= 4 is 11.8 Å². The van der Waals surface area contributed by atoms with Gasteiger partial charge in [-0.15, -0.1) is 0 Å². The molecule has 0 saturated carbocycles. The van der Waals surface area contributed by atoms with Crippen molar-refractivity contribution in [2.24, 2.45) is 0 Å². The van der Waals surface area contributed by atoms with E-state index in [1.54, 1.807) is 12.1 Å². The molecule has 116 valence electrons. The molecule has 0 saturated heterocycles. The highest BCUT2D eigenvalue weighted by molar-refractivity contribution is 6.35. The van der Waals surface area contributed by atoms with E-state index >= 15 is 0 Å². The van der Waals surface area contributed by atoms with Gasteiger partial charge in [-0.1, -0.05) is 12.1 Å². The number of hydrogen-bond acceptors (Lipinski definition) is 4. The highest BCUT2D eigenvalue weighted by Gasteiger charge is 2.14. The second-order valence-corrected chi connectivity index (χ2v) is 4.24. The summed E-state index contributed by atoms with van der Waals surface area (Å²) in [5, 5.41) is 4.87. The third-order valence-electron chi connectivity index (χ3n) is 2.77. The van der Waals surface area contributed by atoms with E-state index in [0.717, 1.165) is 5.56 Å². The summed E-state index contributed by atoms with van der Waals surface area (Å²) in [6.07, 6.45) is -0.0844. The molecule has 0 aromatic heterocycles. The van der Waals surface area contributed by atoms with Gasteiger partial charge in [0.1, 0.15) is 5.82 Å². The molecular weight excluding hydrogens is 279 g/mol. The van der Waals surface area contributed by atoms with Crippen LogP contribution in [0.1, 0.15) is 5.56 Å². The predicted octanol–water partition coefficient (Wildman–Crippen LogP) is 0.220. The second-order valence-electron chi connectivity index (χ2n) is 4.24. The lowest BCUT2D eigenvalue weighted by Gasteiger charge is -2.13. The lowest BCUT2D eigenvalue weighted by molar-refractivity contribution is -0.141. The van der Waals surface area contributed by atoms with Crippen molar-refractivity contribution in [2.75, 3.05) is 27.3 Å². The topological polar surface area (TPSA) is 76.7 Å². The Morgan fingerprint density at radius 2 is 1.67 bits per heavy atom.